The van der Waals surface area contributed by atoms with Crippen molar-refractivity contribution >= 4 is 17.6 Å². The molecule has 0 aliphatic rings. The van der Waals surface area contributed by atoms with E-state index in [1.165, 1.54) is 10.9 Å². The maximum atomic E-state index is 11.5. The molecule has 2 aromatic heterocycles. The van der Waals surface area contributed by atoms with Gasteiger partial charge >= 0.3 is 5.97 Å². The van der Waals surface area contributed by atoms with Gasteiger partial charge in [0.05, 0.1) is 18.4 Å². The van der Waals surface area contributed by atoms with Gasteiger partial charge in [-0.15, -0.1) is 0 Å². The lowest BCUT2D eigenvalue weighted by Crippen LogP contribution is -2.04. The van der Waals surface area contributed by atoms with Gasteiger partial charge in [0.1, 0.15) is 11.0 Å². The summed E-state index contributed by atoms with van der Waals surface area (Å²) in [7, 11) is 0. The Kier molecular flexibility index (Phi) is 4.11. The van der Waals surface area contributed by atoms with Gasteiger partial charge in [0.15, 0.2) is 5.82 Å². The van der Waals surface area contributed by atoms with Gasteiger partial charge < -0.3 is 4.74 Å². The number of aromatic nitrogens is 4. The fourth-order valence-electron chi connectivity index (χ4n) is 1.50. The predicted molar refractivity (Wildman–Crippen MR) is 69.5 cm³/mol. The Labute approximate surface area is 115 Å². The van der Waals surface area contributed by atoms with Crippen LogP contribution in [0, 0.1) is 0 Å². The van der Waals surface area contributed by atoms with E-state index in [1.807, 2.05) is 6.92 Å². The van der Waals surface area contributed by atoms with Crippen LogP contribution in [0.15, 0.2) is 18.5 Å². The molecule has 0 N–H and O–H groups in total. The number of carbonyl (C=O) groups is 1. The van der Waals surface area contributed by atoms with Crippen LogP contribution in [0.2, 0.25) is 5.15 Å². The first-order valence-corrected chi connectivity index (χ1v) is 6.27. The molecule has 7 heteroatoms. The number of halogens is 1. The summed E-state index contributed by atoms with van der Waals surface area (Å²) in [5, 5.41) is 4.42. The molecule has 0 unspecified atom stereocenters. The second-order valence-corrected chi connectivity index (χ2v) is 4.10. The largest absolute Gasteiger partial charge is 0.462 e. The molecule has 0 atom stereocenters. The molecule has 0 saturated carbocycles. The average molecular weight is 281 g/mol. The number of hydrogen-bond acceptors (Lipinski definition) is 5. The highest BCUT2D eigenvalue weighted by molar-refractivity contribution is 6.29. The van der Waals surface area contributed by atoms with Crippen molar-refractivity contribution in [2.24, 2.45) is 0 Å². The molecule has 19 heavy (non-hydrogen) atoms. The number of rotatable bonds is 4. The van der Waals surface area contributed by atoms with Crippen LogP contribution in [0.1, 0.15) is 30.0 Å². The van der Waals surface area contributed by atoms with Gasteiger partial charge in [0.25, 0.3) is 0 Å². The minimum atomic E-state index is -0.412. The van der Waals surface area contributed by atoms with E-state index in [9.17, 15) is 4.79 Å². The van der Waals surface area contributed by atoms with Crippen LogP contribution < -0.4 is 0 Å². The second kappa shape index (κ2) is 5.79. The zero-order chi connectivity index (χ0) is 13.8. The monoisotopic (exact) mass is 280 g/mol. The summed E-state index contributed by atoms with van der Waals surface area (Å²) in [5.74, 6) is 0.729. The Morgan fingerprint density at radius 1 is 1.42 bits per heavy atom. The summed E-state index contributed by atoms with van der Waals surface area (Å²) >= 11 is 5.91. The lowest BCUT2D eigenvalue weighted by atomic mass is 10.4. The van der Waals surface area contributed by atoms with E-state index >= 15 is 0 Å². The van der Waals surface area contributed by atoms with Crippen LogP contribution >= 0.6 is 11.6 Å². The van der Waals surface area contributed by atoms with Crippen LogP contribution in [0.4, 0.5) is 0 Å². The van der Waals surface area contributed by atoms with Crippen molar-refractivity contribution in [3.63, 3.8) is 0 Å². The van der Waals surface area contributed by atoms with Crippen molar-refractivity contribution in [2.45, 2.75) is 20.3 Å². The molecular weight excluding hydrogens is 268 g/mol. The van der Waals surface area contributed by atoms with Crippen LogP contribution in [-0.2, 0) is 11.2 Å². The molecule has 0 aliphatic carbocycles. The molecule has 0 bridgehead atoms. The Hall–Kier alpha value is -1.95. The SMILES string of the molecule is CCOC(=O)c1cnn(-c2cc(Cl)nc(CC)n2)c1. The molecule has 0 spiro atoms. The molecule has 2 heterocycles. The normalized spacial score (nSPS) is 10.5. The maximum absolute atomic E-state index is 11.5. The van der Waals surface area contributed by atoms with Crippen molar-refractivity contribution in [1.82, 2.24) is 19.7 Å². The zero-order valence-electron chi connectivity index (χ0n) is 10.6. The third kappa shape index (κ3) is 3.08. The minimum absolute atomic E-state index is 0.323. The van der Waals surface area contributed by atoms with Crippen molar-refractivity contribution < 1.29 is 9.53 Å². The van der Waals surface area contributed by atoms with E-state index in [4.69, 9.17) is 16.3 Å². The van der Waals surface area contributed by atoms with E-state index in [-0.39, 0.29) is 0 Å². The second-order valence-electron chi connectivity index (χ2n) is 3.71. The third-order valence-corrected chi connectivity index (χ3v) is 2.57. The van der Waals surface area contributed by atoms with Crippen molar-refractivity contribution in [3.8, 4) is 5.82 Å². The molecule has 0 saturated heterocycles. The fraction of sp³-hybridized carbons (Fsp3) is 0.333. The van der Waals surface area contributed by atoms with Gasteiger partial charge in [0.2, 0.25) is 0 Å². The summed E-state index contributed by atoms with van der Waals surface area (Å²) in [6.45, 7) is 4.01. The zero-order valence-corrected chi connectivity index (χ0v) is 11.4. The first-order valence-electron chi connectivity index (χ1n) is 5.89. The van der Waals surface area contributed by atoms with Gasteiger partial charge in [-0.25, -0.2) is 19.4 Å². The molecule has 0 amide bonds. The van der Waals surface area contributed by atoms with E-state index in [0.29, 0.717) is 35.4 Å². The molecular formula is C12H13ClN4O2. The molecule has 6 nitrogen and oxygen atoms in total. The van der Waals surface area contributed by atoms with Gasteiger partial charge in [-0.2, -0.15) is 5.10 Å². The lowest BCUT2D eigenvalue weighted by Gasteiger charge is -2.03. The highest BCUT2D eigenvalue weighted by Crippen LogP contribution is 2.12. The van der Waals surface area contributed by atoms with Crippen molar-refractivity contribution in [1.29, 1.82) is 0 Å². The standard InChI is InChI=1S/C12H13ClN4O2/c1-3-10-15-9(13)5-11(16-10)17-7-8(6-14-17)12(18)19-4-2/h5-7H,3-4H2,1-2H3. The van der Waals surface area contributed by atoms with Crippen LogP contribution in [-0.4, -0.2) is 32.3 Å². The topological polar surface area (TPSA) is 69.9 Å². The number of carbonyl (C=O) groups excluding carboxylic acids is 1. The Morgan fingerprint density at radius 3 is 2.89 bits per heavy atom. The van der Waals surface area contributed by atoms with Gasteiger partial charge in [-0.1, -0.05) is 18.5 Å². The van der Waals surface area contributed by atoms with E-state index in [1.54, 1.807) is 19.2 Å². The van der Waals surface area contributed by atoms with Crippen LogP contribution in [0.25, 0.3) is 5.82 Å². The van der Waals surface area contributed by atoms with Crippen LogP contribution in [0.5, 0.6) is 0 Å². The van der Waals surface area contributed by atoms with Crippen LogP contribution in [0.3, 0.4) is 0 Å². The van der Waals surface area contributed by atoms with E-state index in [2.05, 4.69) is 15.1 Å². The Balaban J connectivity index is 2.32. The molecule has 0 fully saturated rings. The lowest BCUT2D eigenvalue weighted by molar-refractivity contribution is 0.0526. The summed E-state index contributed by atoms with van der Waals surface area (Å²) in [6, 6.07) is 1.59. The Morgan fingerprint density at radius 2 is 2.21 bits per heavy atom. The number of aryl methyl sites for hydroxylation is 1. The van der Waals surface area contributed by atoms with Gasteiger partial charge in [0, 0.05) is 18.7 Å². The van der Waals surface area contributed by atoms with E-state index < -0.39 is 5.97 Å². The minimum Gasteiger partial charge on any atom is -0.462 e. The molecule has 2 aromatic rings. The molecule has 100 valence electrons. The third-order valence-electron chi connectivity index (χ3n) is 2.37. The van der Waals surface area contributed by atoms with Gasteiger partial charge in [-0.3, -0.25) is 0 Å². The maximum Gasteiger partial charge on any atom is 0.341 e. The molecule has 2 rings (SSSR count). The average Bonchev–Trinajstić information content (AvgIpc) is 2.88. The smallest absolute Gasteiger partial charge is 0.341 e. The predicted octanol–water partition coefficient (Wildman–Crippen LogP) is 2.05. The number of esters is 1. The number of hydrogen-bond donors (Lipinski definition) is 0. The highest BCUT2D eigenvalue weighted by Gasteiger charge is 2.11. The van der Waals surface area contributed by atoms with Gasteiger partial charge in [-0.05, 0) is 6.92 Å². The first-order chi connectivity index (χ1) is 9.13. The highest BCUT2D eigenvalue weighted by atomic mass is 35.5. The summed E-state index contributed by atoms with van der Waals surface area (Å²) in [5.41, 5.74) is 0.370. The van der Waals surface area contributed by atoms with E-state index in [0.717, 1.165) is 0 Å². The number of nitrogens with zero attached hydrogens (tertiary/aromatic N) is 4. The summed E-state index contributed by atoms with van der Waals surface area (Å²) in [4.78, 5) is 19.9. The molecule has 0 radical (unpaired) electrons. The fourth-order valence-corrected chi connectivity index (χ4v) is 1.69. The number of ether oxygens (including phenoxy) is 1. The first kappa shape index (κ1) is 13.5. The quantitative estimate of drug-likeness (QED) is 0.633. The Bertz CT molecular complexity index is 597. The molecule has 0 aromatic carbocycles. The van der Waals surface area contributed by atoms with Crippen molar-refractivity contribution in [2.75, 3.05) is 6.61 Å². The summed E-state index contributed by atoms with van der Waals surface area (Å²) in [6.07, 6.45) is 3.65. The summed E-state index contributed by atoms with van der Waals surface area (Å²) < 4.78 is 6.37. The van der Waals surface area contributed by atoms with Crippen molar-refractivity contribution in [3.05, 3.63) is 35.0 Å². The molecule has 0 aliphatic heterocycles.